The molecule has 206 valence electrons. The molecule has 3 aromatic rings. The lowest BCUT2D eigenvalue weighted by Gasteiger charge is -2.44. The molecule has 3 heterocycles. The number of halogens is 1. The second-order valence-electron chi connectivity index (χ2n) is 10.2. The molecule has 39 heavy (non-hydrogen) atoms. The van der Waals surface area contributed by atoms with Crippen LogP contribution in [0.15, 0.2) is 48.6 Å². The van der Waals surface area contributed by atoms with E-state index in [-0.39, 0.29) is 19.2 Å². The van der Waals surface area contributed by atoms with Gasteiger partial charge in [-0.25, -0.2) is 4.79 Å². The number of anilines is 2. The SMILES string of the molecule is CCCC=CCOC(=O)OC[N+]1(CCc2cc3c(cc2Cl)NC(=O)C3)CCN(c2nsc3ccccc23)CC1. The number of hydrogen-bond acceptors (Lipinski definition) is 7. The molecule has 0 saturated carbocycles. The van der Waals surface area contributed by atoms with E-state index in [0.717, 1.165) is 68.2 Å². The molecule has 1 amide bonds. The summed E-state index contributed by atoms with van der Waals surface area (Å²) in [5.74, 6) is 1.01. The van der Waals surface area contributed by atoms with Crippen molar-refractivity contribution in [3.05, 3.63) is 64.7 Å². The van der Waals surface area contributed by atoms with Crippen molar-refractivity contribution in [2.75, 3.05) is 56.3 Å². The predicted octanol–water partition coefficient (Wildman–Crippen LogP) is 5.79. The van der Waals surface area contributed by atoms with E-state index in [1.54, 1.807) is 0 Å². The van der Waals surface area contributed by atoms with Crippen LogP contribution in [0.1, 0.15) is 30.9 Å². The first-order valence-electron chi connectivity index (χ1n) is 13.5. The van der Waals surface area contributed by atoms with Crippen LogP contribution in [0.5, 0.6) is 0 Å². The summed E-state index contributed by atoms with van der Waals surface area (Å²) < 4.78 is 17.4. The number of ether oxygens (including phenoxy) is 2. The molecule has 0 unspecified atom stereocenters. The molecule has 0 atom stereocenters. The minimum absolute atomic E-state index is 0.0103. The number of nitrogens with zero attached hydrogens (tertiary/aromatic N) is 3. The van der Waals surface area contributed by atoms with E-state index in [0.29, 0.717) is 22.3 Å². The number of piperazine rings is 1. The molecule has 0 radical (unpaired) electrons. The summed E-state index contributed by atoms with van der Waals surface area (Å²) in [5.41, 5.74) is 2.77. The average Bonchev–Trinajstić information content (AvgIpc) is 3.53. The van der Waals surface area contributed by atoms with Gasteiger partial charge in [-0.05, 0) is 47.3 Å². The number of rotatable bonds is 10. The molecular weight excluding hydrogens is 536 g/mol. The number of allylic oxidation sites excluding steroid dienone is 1. The van der Waals surface area contributed by atoms with E-state index in [1.807, 2.05) is 36.4 Å². The lowest BCUT2D eigenvalue weighted by molar-refractivity contribution is -0.944. The number of fused-ring (bicyclic) bond motifs is 2. The van der Waals surface area contributed by atoms with Crippen LogP contribution in [-0.2, 0) is 27.1 Å². The van der Waals surface area contributed by atoms with Gasteiger partial charge in [-0.15, -0.1) is 0 Å². The summed E-state index contributed by atoms with van der Waals surface area (Å²) in [6.45, 7) is 6.45. The van der Waals surface area contributed by atoms with Gasteiger partial charge in [-0.1, -0.05) is 55.3 Å². The third kappa shape index (κ3) is 6.54. The molecule has 2 aliphatic heterocycles. The fraction of sp³-hybridized carbons (Fsp3) is 0.414. The van der Waals surface area contributed by atoms with Crippen molar-refractivity contribution in [3.63, 3.8) is 0 Å². The van der Waals surface area contributed by atoms with E-state index in [1.165, 1.54) is 21.6 Å². The van der Waals surface area contributed by atoms with E-state index in [2.05, 4.69) is 29.3 Å². The van der Waals surface area contributed by atoms with Crippen molar-refractivity contribution in [3.8, 4) is 0 Å². The van der Waals surface area contributed by atoms with Gasteiger partial charge >= 0.3 is 6.16 Å². The maximum atomic E-state index is 12.4. The minimum Gasteiger partial charge on any atom is -0.430 e. The van der Waals surface area contributed by atoms with Gasteiger partial charge in [-0.3, -0.25) is 9.28 Å². The average molecular weight is 570 g/mol. The molecule has 10 heteroatoms. The van der Waals surface area contributed by atoms with Crippen LogP contribution in [0.3, 0.4) is 0 Å². The van der Waals surface area contributed by atoms with Crippen molar-refractivity contribution in [1.29, 1.82) is 0 Å². The van der Waals surface area contributed by atoms with E-state index in [9.17, 15) is 9.59 Å². The van der Waals surface area contributed by atoms with Gasteiger partial charge in [0, 0.05) is 22.5 Å². The fourth-order valence-corrected chi connectivity index (χ4v) is 6.22. The number of nitrogens with one attached hydrogen (secondary N) is 1. The van der Waals surface area contributed by atoms with Crippen LogP contribution in [0.2, 0.25) is 5.02 Å². The number of unbranched alkanes of at least 4 members (excludes halogenated alkanes) is 1. The first-order valence-corrected chi connectivity index (χ1v) is 14.6. The molecule has 0 bridgehead atoms. The highest BCUT2D eigenvalue weighted by molar-refractivity contribution is 7.13. The third-order valence-corrected chi connectivity index (χ3v) is 8.64. The standard InChI is InChI=1S/C29H33ClN4O4S/c1-2-3-4-7-16-37-29(36)38-20-34(13-10-21-17-22-18-27(35)31-25(22)19-24(21)30)14-11-33(12-15-34)28-23-8-5-6-9-26(23)39-32-28/h4-9,17,19H,2-3,10-16,18,20H2,1H3/p+1. The molecule has 0 spiro atoms. The number of benzene rings is 2. The second-order valence-corrected chi connectivity index (χ2v) is 11.4. The van der Waals surface area contributed by atoms with E-state index < -0.39 is 6.16 Å². The maximum Gasteiger partial charge on any atom is 0.512 e. The Balaban J connectivity index is 1.27. The van der Waals surface area contributed by atoms with Crippen LogP contribution in [0.25, 0.3) is 10.1 Å². The fourth-order valence-electron chi connectivity index (χ4n) is 5.17. The quantitative estimate of drug-likeness (QED) is 0.189. The van der Waals surface area contributed by atoms with Gasteiger partial charge in [0.1, 0.15) is 6.61 Å². The number of aromatic nitrogens is 1. The van der Waals surface area contributed by atoms with Crippen molar-refractivity contribution in [2.45, 2.75) is 32.6 Å². The van der Waals surface area contributed by atoms with Crippen LogP contribution in [0, 0.1) is 0 Å². The lowest BCUT2D eigenvalue weighted by Crippen LogP contribution is -2.61. The molecule has 0 aliphatic carbocycles. The predicted molar refractivity (Wildman–Crippen MR) is 156 cm³/mol. The Kier molecular flexibility index (Phi) is 8.69. The van der Waals surface area contributed by atoms with Crippen molar-refractivity contribution >= 4 is 56.8 Å². The van der Waals surface area contributed by atoms with Gasteiger partial charge in [0.15, 0.2) is 5.82 Å². The van der Waals surface area contributed by atoms with Crippen LogP contribution >= 0.6 is 23.1 Å². The van der Waals surface area contributed by atoms with Crippen LogP contribution < -0.4 is 10.2 Å². The van der Waals surface area contributed by atoms with Gasteiger partial charge in [-0.2, -0.15) is 4.37 Å². The summed E-state index contributed by atoms with van der Waals surface area (Å²) in [6, 6.07) is 12.2. The largest absolute Gasteiger partial charge is 0.512 e. The summed E-state index contributed by atoms with van der Waals surface area (Å²) in [4.78, 5) is 26.5. The van der Waals surface area contributed by atoms with Crippen molar-refractivity contribution in [1.82, 2.24) is 4.37 Å². The smallest absolute Gasteiger partial charge is 0.430 e. The van der Waals surface area contributed by atoms with Crippen molar-refractivity contribution in [2.24, 2.45) is 0 Å². The zero-order chi connectivity index (χ0) is 27.2. The Morgan fingerprint density at radius 1 is 1.21 bits per heavy atom. The Morgan fingerprint density at radius 3 is 2.85 bits per heavy atom. The Labute approximate surface area is 237 Å². The number of carbonyl (C=O) groups excluding carboxylic acids is 2. The Morgan fingerprint density at radius 2 is 2.03 bits per heavy atom. The van der Waals surface area contributed by atoms with E-state index >= 15 is 0 Å². The molecule has 1 saturated heterocycles. The summed E-state index contributed by atoms with van der Waals surface area (Å²) in [6.07, 6.45) is 6.29. The summed E-state index contributed by atoms with van der Waals surface area (Å²) in [7, 11) is 0. The zero-order valence-corrected chi connectivity index (χ0v) is 23.7. The molecule has 8 nitrogen and oxygen atoms in total. The van der Waals surface area contributed by atoms with E-state index in [4.69, 9.17) is 25.4 Å². The maximum absolute atomic E-state index is 12.4. The van der Waals surface area contributed by atoms with Gasteiger partial charge in [0.05, 0.1) is 43.8 Å². The summed E-state index contributed by atoms with van der Waals surface area (Å²) >= 11 is 8.12. The molecule has 5 rings (SSSR count). The monoisotopic (exact) mass is 569 g/mol. The molecule has 2 aromatic carbocycles. The van der Waals surface area contributed by atoms with Crippen molar-refractivity contribution < 1.29 is 23.5 Å². The Hall–Kier alpha value is -3.14. The number of amides is 1. The summed E-state index contributed by atoms with van der Waals surface area (Å²) in [5, 5.41) is 4.67. The third-order valence-electron chi connectivity index (χ3n) is 7.47. The molecule has 1 aromatic heterocycles. The zero-order valence-electron chi connectivity index (χ0n) is 22.2. The molecule has 1 N–H and O–H groups in total. The van der Waals surface area contributed by atoms with Gasteiger partial charge < -0.3 is 19.7 Å². The molecule has 2 aliphatic rings. The highest BCUT2D eigenvalue weighted by Crippen LogP contribution is 2.32. The lowest BCUT2D eigenvalue weighted by atomic mass is 10.0. The highest BCUT2D eigenvalue weighted by Gasteiger charge is 2.36. The first kappa shape index (κ1) is 27.4. The van der Waals surface area contributed by atoms with Crippen LogP contribution in [-0.4, -0.2) is 67.0 Å². The topological polar surface area (TPSA) is 80.8 Å². The number of carbonyl (C=O) groups is 2. The molecule has 1 fully saturated rings. The Bertz CT molecular complexity index is 1370. The number of quaternary nitrogens is 1. The normalized spacial score (nSPS) is 16.5. The van der Waals surface area contributed by atoms with Gasteiger partial charge in [0.25, 0.3) is 0 Å². The minimum atomic E-state index is -0.651. The second kappa shape index (κ2) is 12.4. The highest BCUT2D eigenvalue weighted by atomic mass is 35.5. The first-order chi connectivity index (χ1) is 19.0. The van der Waals surface area contributed by atoms with Gasteiger partial charge in [0.2, 0.25) is 12.6 Å². The molecular formula is C29H34ClN4O4S+. The number of hydrogen-bond donors (Lipinski definition) is 1. The van der Waals surface area contributed by atoms with Crippen LogP contribution in [0.4, 0.5) is 16.3 Å².